The minimum Gasteiger partial charge on any atom is -0.387 e. The molecule has 0 unspecified atom stereocenters. The highest BCUT2D eigenvalue weighted by Crippen LogP contribution is 2.29. The van der Waals surface area contributed by atoms with Crippen LogP contribution >= 0.6 is 0 Å². The van der Waals surface area contributed by atoms with Crippen LogP contribution in [0.5, 0.6) is 0 Å². The van der Waals surface area contributed by atoms with Gasteiger partial charge in [-0.15, -0.1) is 0 Å². The standard InChI is InChI=1S/C17H13F5N2O3/c18-11-5-6-13(12(19)7-11)24-16(27)15(26)23-8-14(25)9-1-3-10(4-2-9)17(20,21)22/h1-7,14,25H,8H2,(H,23,26)(H,24,27)/t14-/m1/s1. The maximum atomic E-state index is 13.4. The molecule has 2 amide bonds. The lowest BCUT2D eigenvalue weighted by Crippen LogP contribution is -2.37. The van der Waals surface area contributed by atoms with Crippen LogP contribution in [0.2, 0.25) is 0 Å². The summed E-state index contributed by atoms with van der Waals surface area (Å²) in [7, 11) is 0. The van der Waals surface area contributed by atoms with Gasteiger partial charge in [0.25, 0.3) is 0 Å². The molecule has 144 valence electrons. The first-order chi connectivity index (χ1) is 12.6. The average Bonchev–Trinajstić information content (AvgIpc) is 2.61. The van der Waals surface area contributed by atoms with Gasteiger partial charge in [0.15, 0.2) is 0 Å². The molecule has 0 bridgehead atoms. The van der Waals surface area contributed by atoms with Crippen molar-refractivity contribution in [3.05, 3.63) is 65.2 Å². The normalized spacial score (nSPS) is 12.4. The number of amides is 2. The molecule has 2 aromatic carbocycles. The number of hydrogen-bond acceptors (Lipinski definition) is 3. The predicted octanol–water partition coefficient (Wildman–Crippen LogP) is 2.77. The van der Waals surface area contributed by atoms with Crippen molar-refractivity contribution in [2.24, 2.45) is 0 Å². The monoisotopic (exact) mass is 388 g/mol. The number of hydrogen-bond donors (Lipinski definition) is 3. The van der Waals surface area contributed by atoms with Crippen molar-refractivity contribution in [3.8, 4) is 0 Å². The van der Waals surface area contributed by atoms with E-state index in [9.17, 15) is 36.6 Å². The van der Waals surface area contributed by atoms with Gasteiger partial charge in [-0.05, 0) is 29.8 Å². The fourth-order valence-electron chi connectivity index (χ4n) is 2.05. The zero-order valence-corrected chi connectivity index (χ0v) is 13.5. The Labute approximate surface area is 149 Å². The lowest BCUT2D eigenvalue weighted by atomic mass is 10.1. The van der Waals surface area contributed by atoms with Gasteiger partial charge in [-0.2, -0.15) is 13.2 Å². The number of aliphatic hydroxyl groups is 1. The van der Waals surface area contributed by atoms with E-state index < -0.39 is 53.5 Å². The number of carbonyl (C=O) groups is 2. The van der Waals surface area contributed by atoms with E-state index in [1.54, 1.807) is 0 Å². The van der Waals surface area contributed by atoms with Crippen molar-refractivity contribution >= 4 is 17.5 Å². The van der Waals surface area contributed by atoms with Gasteiger partial charge in [-0.3, -0.25) is 9.59 Å². The molecule has 10 heteroatoms. The van der Waals surface area contributed by atoms with Crippen LogP contribution in [-0.2, 0) is 15.8 Å². The van der Waals surface area contributed by atoms with Crippen molar-refractivity contribution in [2.45, 2.75) is 12.3 Å². The van der Waals surface area contributed by atoms with Crippen molar-refractivity contribution in [2.75, 3.05) is 11.9 Å². The van der Waals surface area contributed by atoms with Gasteiger partial charge in [0.05, 0.1) is 17.4 Å². The first-order valence-corrected chi connectivity index (χ1v) is 7.47. The SMILES string of the molecule is O=C(NC[C@@H](O)c1ccc(C(F)(F)F)cc1)C(=O)Nc1ccc(F)cc1F. The van der Waals surface area contributed by atoms with Gasteiger partial charge < -0.3 is 15.7 Å². The Morgan fingerprint density at radius 1 is 1.00 bits per heavy atom. The molecular formula is C17H13F5N2O3. The van der Waals surface area contributed by atoms with Gasteiger partial charge in [0, 0.05) is 12.6 Å². The van der Waals surface area contributed by atoms with E-state index in [0.717, 1.165) is 36.4 Å². The smallest absolute Gasteiger partial charge is 0.387 e. The van der Waals surface area contributed by atoms with Crippen molar-refractivity contribution in [3.63, 3.8) is 0 Å². The van der Waals surface area contributed by atoms with E-state index in [4.69, 9.17) is 0 Å². The van der Waals surface area contributed by atoms with E-state index in [-0.39, 0.29) is 5.56 Å². The Morgan fingerprint density at radius 2 is 1.63 bits per heavy atom. The van der Waals surface area contributed by atoms with Crippen LogP contribution in [0.3, 0.4) is 0 Å². The molecule has 0 aliphatic heterocycles. The molecule has 0 saturated carbocycles. The molecule has 1 atom stereocenters. The molecule has 0 fully saturated rings. The summed E-state index contributed by atoms with van der Waals surface area (Å²) >= 11 is 0. The van der Waals surface area contributed by atoms with E-state index in [1.165, 1.54) is 0 Å². The molecule has 0 aliphatic rings. The van der Waals surface area contributed by atoms with Crippen molar-refractivity contribution < 1.29 is 36.6 Å². The maximum absolute atomic E-state index is 13.4. The first kappa shape index (κ1) is 20.3. The Balaban J connectivity index is 1.91. The number of nitrogens with one attached hydrogen (secondary N) is 2. The van der Waals surface area contributed by atoms with E-state index in [1.807, 2.05) is 5.32 Å². The van der Waals surface area contributed by atoms with E-state index in [2.05, 4.69) is 5.32 Å². The zero-order valence-electron chi connectivity index (χ0n) is 13.5. The summed E-state index contributed by atoms with van der Waals surface area (Å²) in [6.07, 6.45) is -5.89. The average molecular weight is 388 g/mol. The fraction of sp³-hybridized carbons (Fsp3) is 0.176. The second-order valence-electron chi connectivity index (χ2n) is 5.42. The lowest BCUT2D eigenvalue weighted by molar-refractivity contribution is -0.137. The molecule has 0 aromatic heterocycles. The van der Waals surface area contributed by atoms with E-state index in [0.29, 0.717) is 6.07 Å². The van der Waals surface area contributed by atoms with E-state index >= 15 is 0 Å². The topological polar surface area (TPSA) is 78.4 Å². The number of benzene rings is 2. The number of rotatable bonds is 4. The molecule has 2 rings (SSSR count). The molecule has 0 radical (unpaired) electrons. The maximum Gasteiger partial charge on any atom is 0.416 e. The Morgan fingerprint density at radius 3 is 2.19 bits per heavy atom. The van der Waals surface area contributed by atoms with Crippen molar-refractivity contribution in [1.82, 2.24) is 5.32 Å². The summed E-state index contributed by atoms with van der Waals surface area (Å²) in [6.45, 7) is -0.469. The van der Waals surface area contributed by atoms with Gasteiger partial charge in [0.1, 0.15) is 11.6 Å². The van der Waals surface area contributed by atoms with Crippen LogP contribution in [0.4, 0.5) is 27.6 Å². The van der Waals surface area contributed by atoms with Gasteiger partial charge in [-0.25, -0.2) is 8.78 Å². The summed E-state index contributed by atoms with van der Waals surface area (Å²) in [5.41, 5.74) is -1.23. The summed E-state index contributed by atoms with van der Waals surface area (Å²) in [5.74, 6) is -4.43. The third-order valence-corrected chi connectivity index (χ3v) is 3.46. The number of alkyl halides is 3. The van der Waals surface area contributed by atoms with Crippen LogP contribution in [0, 0.1) is 11.6 Å². The largest absolute Gasteiger partial charge is 0.416 e. The molecule has 0 heterocycles. The van der Waals surface area contributed by atoms with Crippen LogP contribution in [0.1, 0.15) is 17.2 Å². The molecular weight excluding hydrogens is 375 g/mol. The Bertz CT molecular complexity index is 837. The Hall–Kier alpha value is -3.01. The van der Waals surface area contributed by atoms with Crippen LogP contribution in [0.25, 0.3) is 0 Å². The highest BCUT2D eigenvalue weighted by molar-refractivity contribution is 6.39. The second-order valence-corrected chi connectivity index (χ2v) is 5.42. The molecule has 0 aliphatic carbocycles. The number of halogens is 5. The molecule has 2 aromatic rings. The summed E-state index contributed by atoms with van der Waals surface area (Å²) in [4.78, 5) is 23.3. The highest BCUT2D eigenvalue weighted by atomic mass is 19.4. The third kappa shape index (κ3) is 5.48. The molecule has 27 heavy (non-hydrogen) atoms. The highest BCUT2D eigenvalue weighted by Gasteiger charge is 2.30. The number of carbonyl (C=O) groups excluding carboxylic acids is 2. The quantitative estimate of drug-likeness (QED) is 0.557. The van der Waals surface area contributed by atoms with Gasteiger partial charge in [0.2, 0.25) is 0 Å². The predicted molar refractivity (Wildman–Crippen MR) is 84.4 cm³/mol. The molecule has 0 spiro atoms. The number of aliphatic hydroxyl groups excluding tert-OH is 1. The van der Waals surface area contributed by atoms with Gasteiger partial charge in [-0.1, -0.05) is 12.1 Å². The minimum atomic E-state index is -4.52. The summed E-state index contributed by atoms with van der Waals surface area (Å²) in [6, 6.07) is 5.93. The molecule has 0 saturated heterocycles. The Kier molecular flexibility index (Phi) is 6.11. The first-order valence-electron chi connectivity index (χ1n) is 7.47. The molecule has 5 nitrogen and oxygen atoms in total. The lowest BCUT2D eigenvalue weighted by Gasteiger charge is -2.13. The third-order valence-electron chi connectivity index (χ3n) is 3.46. The minimum absolute atomic E-state index is 0.0910. The number of anilines is 1. The van der Waals surface area contributed by atoms with Crippen LogP contribution < -0.4 is 10.6 Å². The summed E-state index contributed by atoms with van der Waals surface area (Å²) < 4.78 is 63.6. The van der Waals surface area contributed by atoms with Crippen LogP contribution in [0.15, 0.2) is 42.5 Å². The fourth-order valence-corrected chi connectivity index (χ4v) is 2.05. The van der Waals surface area contributed by atoms with Crippen molar-refractivity contribution in [1.29, 1.82) is 0 Å². The zero-order chi connectivity index (χ0) is 20.2. The molecule has 3 N–H and O–H groups in total. The van der Waals surface area contributed by atoms with Crippen LogP contribution in [-0.4, -0.2) is 23.5 Å². The van der Waals surface area contributed by atoms with Gasteiger partial charge >= 0.3 is 18.0 Å². The second kappa shape index (κ2) is 8.12. The summed E-state index contributed by atoms with van der Waals surface area (Å²) in [5, 5.41) is 13.9.